The minimum atomic E-state index is -1.05. The van der Waals surface area contributed by atoms with E-state index in [9.17, 15) is 23.7 Å². The van der Waals surface area contributed by atoms with Crippen LogP contribution in [-0.2, 0) is 13.1 Å². The van der Waals surface area contributed by atoms with E-state index in [1.807, 2.05) is 37.5 Å². The van der Waals surface area contributed by atoms with Crippen molar-refractivity contribution in [2.45, 2.75) is 58.8 Å². The molecule has 4 heterocycles. The van der Waals surface area contributed by atoms with Gasteiger partial charge in [-0.15, -0.1) is 0 Å². The first kappa shape index (κ1) is 28.3. The van der Waals surface area contributed by atoms with E-state index in [2.05, 4.69) is 19.8 Å². The van der Waals surface area contributed by atoms with E-state index >= 15 is 0 Å². The quantitative estimate of drug-likeness (QED) is 0.206. The fourth-order valence-corrected chi connectivity index (χ4v) is 5.57. The number of anilines is 1. The Morgan fingerprint density at radius 1 is 1.12 bits per heavy atom. The van der Waals surface area contributed by atoms with Crippen LogP contribution in [0.4, 0.5) is 20.3 Å². The summed E-state index contributed by atoms with van der Waals surface area (Å²) in [5, 5.41) is 11.2. The molecule has 1 aliphatic heterocycles. The molecule has 1 atom stereocenters. The number of aromatic nitrogens is 3. The van der Waals surface area contributed by atoms with E-state index in [0.29, 0.717) is 30.7 Å². The predicted molar refractivity (Wildman–Crippen MR) is 153 cm³/mol. The first-order valence-corrected chi connectivity index (χ1v) is 13.6. The van der Waals surface area contributed by atoms with E-state index < -0.39 is 16.6 Å². The number of rotatable bonds is 8. The summed E-state index contributed by atoms with van der Waals surface area (Å²) in [5.74, 6) is -2.24. The number of fused-ring (bicyclic) bond motifs is 1. The largest absolute Gasteiger partial charge is 0.367 e. The molecule has 0 radical (unpaired) electrons. The predicted octanol–water partition coefficient (Wildman–Crippen LogP) is 5.54. The van der Waals surface area contributed by atoms with Crippen LogP contribution >= 0.6 is 0 Å². The summed E-state index contributed by atoms with van der Waals surface area (Å²) in [7, 11) is 0. The second-order valence-electron chi connectivity index (χ2n) is 10.9. The van der Waals surface area contributed by atoms with Gasteiger partial charge >= 0.3 is 5.82 Å². The lowest BCUT2D eigenvalue weighted by Gasteiger charge is -2.40. The molecule has 3 aromatic heterocycles. The highest BCUT2D eigenvalue weighted by molar-refractivity contribution is 5.80. The average Bonchev–Trinajstić information content (AvgIpc) is 2.95. The van der Waals surface area contributed by atoms with Crippen molar-refractivity contribution in [3.63, 3.8) is 0 Å². The number of hydrogen-bond donors (Lipinski definition) is 0. The number of piperidine rings is 1. The van der Waals surface area contributed by atoms with Crippen LogP contribution in [0.2, 0.25) is 0 Å². The van der Waals surface area contributed by atoms with Crippen LogP contribution in [0.25, 0.3) is 10.9 Å². The molecule has 1 saturated heterocycles. The third-order valence-corrected chi connectivity index (χ3v) is 7.62. The van der Waals surface area contributed by atoms with Crippen molar-refractivity contribution in [3.05, 3.63) is 104 Å². The second-order valence-corrected chi connectivity index (χ2v) is 10.9. The monoisotopic (exact) mass is 562 g/mol. The normalized spacial score (nSPS) is 15.7. The maximum absolute atomic E-state index is 14.3. The number of nitro groups is 1. The van der Waals surface area contributed by atoms with E-state index in [1.165, 1.54) is 12.3 Å². The molecule has 1 fully saturated rings. The van der Waals surface area contributed by atoms with Gasteiger partial charge in [0.15, 0.2) is 23.3 Å². The molecule has 0 unspecified atom stereocenters. The third kappa shape index (κ3) is 6.09. The minimum absolute atomic E-state index is 0.0416. The van der Waals surface area contributed by atoms with Crippen LogP contribution in [0.3, 0.4) is 0 Å². The van der Waals surface area contributed by atoms with Crippen molar-refractivity contribution in [2.75, 3.05) is 18.0 Å². The van der Waals surface area contributed by atoms with Gasteiger partial charge < -0.3 is 19.6 Å². The van der Waals surface area contributed by atoms with Crippen LogP contribution in [0.5, 0.6) is 0 Å². The Labute approximate surface area is 236 Å². The molecule has 0 spiro atoms. The molecule has 0 aliphatic carbocycles. The first-order valence-electron chi connectivity index (χ1n) is 13.6. The van der Waals surface area contributed by atoms with Crippen molar-refractivity contribution in [2.24, 2.45) is 0 Å². The van der Waals surface area contributed by atoms with Crippen molar-refractivity contribution in [1.82, 2.24) is 19.4 Å². The van der Waals surface area contributed by atoms with Crippen molar-refractivity contribution in [3.8, 4) is 0 Å². The van der Waals surface area contributed by atoms with Gasteiger partial charge in [-0.2, -0.15) is 0 Å². The lowest BCUT2D eigenvalue weighted by atomic mass is 10.0. The van der Waals surface area contributed by atoms with Gasteiger partial charge in [-0.1, -0.05) is 0 Å². The van der Waals surface area contributed by atoms with Gasteiger partial charge in [-0.25, -0.2) is 8.78 Å². The SMILES string of the molecule is Cc1cc(CN(Cc2cn(C(C)C)c3cc(F)c(F)cc3c2=O)[C@H]2CCCN(c3ccc([N+](=O)[O-])nc3)C2)ccn1. The molecule has 0 N–H and O–H groups in total. The van der Waals surface area contributed by atoms with E-state index in [0.717, 1.165) is 48.5 Å². The summed E-state index contributed by atoms with van der Waals surface area (Å²) in [6.07, 6.45) is 6.81. The Bertz CT molecular complexity index is 1640. The molecule has 4 aromatic rings. The number of hydrogen-bond acceptors (Lipinski definition) is 7. The second kappa shape index (κ2) is 11.7. The average molecular weight is 563 g/mol. The number of aryl methyl sites for hydroxylation is 1. The lowest BCUT2D eigenvalue weighted by molar-refractivity contribution is -0.389. The first-order chi connectivity index (χ1) is 19.6. The number of halogens is 2. The zero-order valence-corrected chi connectivity index (χ0v) is 23.3. The van der Waals surface area contributed by atoms with Gasteiger partial charge in [-0.05, 0) is 73.3 Å². The molecule has 1 aliphatic rings. The van der Waals surface area contributed by atoms with E-state index in [1.54, 1.807) is 18.5 Å². The minimum Gasteiger partial charge on any atom is -0.367 e. The van der Waals surface area contributed by atoms with Crippen LogP contribution in [-0.4, -0.2) is 43.5 Å². The van der Waals surface area contributed by atoms with Crippen molar-refractivity contribution < 1.29 is 13.7 Å². The smallest absolute Gasteiger partial charge is 0.363 e. The van der Waals surface area contributed by atoms with Gasteiger partial charge in [-0.3, -0.25) is 14.7 Å². The number of nitrogens with zero attached hydrogens (tertiary/aromatic N) is 6. The maximum atomic E-state index is 14.3. The molecule has 1 aromatic carbocycles. The highest BCUT2D eigenvalue weighted by Gasteiger charge is 2.28. The van der Waals surface area contributed by atoms with Gasteiger partial charge in [0.2, 0.25) is 0 Å². The summed E-state index contributed by atoms with van der Waals surface area (Å²) in [5.41, 5.74) is 3.26. The summed E-state index contributed by atoms with van der Waals surface area (Å²) in [4.78, 5) is 36.9. The van der Waals surface area contributed by atoms with Crippen molar-refractivity contribution in [1.29, 1.82) is 0 Å². The van der Waals surface area contributed by atoms with E-state index in [-0.39, 0.29) is 28.7 Å². The summed E-state index contributed by atoms with van der Waals surface area (Å²) >= 11 is 0. The Morgan fingerprint density at radius 3 is 2.59 bits per heavy atom. The Balaban J connectivity index is 1.52. The Morgan fingerprint density at radius 2 is 1.90 bits per heavy atom. The van der Waals surface area contributed by atoms with Crippen LogP contribution in [0.15, 0.2) is 59.8 Å². The van der Waals surface area contributed by atoms with Crippen LogP contribution < -0.4 is 10.3 Å². The molecule has 0 bridgehead atoms. The standard InChI is InChI=1S/C30H32F2N6O3/c1-19(2)37-17-22(30(39)25-12-26(31)27(32)13-28(25)37)16-36(15-21-8-9-33-20(3)11-21)24-5-4-10-35(18-24)23-6-7-29(34-14-23)38(40)41/h6-9,11-14,17,19,24H,4-5,10,15-16,18H2,1-3H3/t24-/m0/s1. The van der Waals surface area contributed by atoms with E-state index in [4.69, 9.17) is 0 Å². The zero-order valence-electron chi connectivity index (χ0n) is 23.3. The molecular weight excluding hydrogens is 530 g/mol. The molecule has 214 valence electrons. The number of pyridine rings is 3. The molecular formula is C30H32F2N6O3. The summed E-state index contributed by atoms with van der Waals surface area (Å²) < 4.78 is 30.2. The molecule has 0 amide bonds. The molecule has 5 rings (SSSR count). The number of benzene rings is 1. The molecule has 11 heteroatoms. The molecule has 41 heavy (non-hydrogen) atoms. The zero-order chi connectivity index (χ0) is 29.3. The van der Waals surface area contributed by atoms with Gasteiger partial charge in [0, 0.05) is 79.4 Å². The highest BCUT2D eigenvalue weighted by Crippen LogP contribution is 2.27. The lowest BCUT2D eigenvalue weighted by Crippen LogP contribution is -2.48. The van der Waals surface area contributed by atoms with Gasteiger partial charge in [0.1, 0.15) is 0 Å². The highest BCUT2D eigenvalue weighted by atomic mass is 19.2. The fraction of sp³-hybridized carbons (Fsp3) is 0.367. The summed E-state index contributed by atoms with van der Waals surface area (Å²) in [6, 6.07) is 9.12. The third-order valence-electron chi connectivity index (χ3n) is 7.62. The maximum Gasteiger partial charge on any atom is 0.363 e. The molecule has 0 saturated carbocycles. The van der Waals surface area contributed by atoms with Crippen LogP contribution in [0, 0.1) is 28.7 Å². The van der Waals surface area contributed by atoms with Crippen molar-refractivity contribution >= 4 is 22.4 Å². The summed E-state index contributed by atoms with van der Waals surface area (Å²) in [6.45, 7) is 8.06. The topological polar surface area (TPSA) is 97.4 Å². The molecule has 9 nitrogen and oxygen atoms in total. The Hall–Kier alpha value is -4.25. The fourth-order valence-electron chi connectivity index (χ4n) is 5.57. The van der Waals surface area contributed by atoms with Crippen LogP contribution in [0.1, 0.15) is 49.6 Å². The van der Waals surface area contributed by atoms with Gasteiger partial charge in [0.25, 0.3) is 0 Å². The van der Waals surface area contributed by atoms with Gasteiger partial charge in [0.05, 0.1) is 11.2 Å². The Kier molecular flexibility index (Phi) is 8.07.